The van der Waals surface area contributed by atoms with E-state index in [9.17, 15) is 4.79 Å². The number of thioether (sulfide) groups is 1. The number of anilines is 1. The third-order valence-corrected chi connectivity index (χ3v) is 2.88. The predicted molar refractivity (Wildman–Crippen MR) is 50.5 cm³/mol. The van der Waals surface area contributed by atoms with Gasteiger partial charge in [-0.05, 0) is 6.26 Å². The lowest BCUT2D eigenvalue weighted by molar-refractivity contribution is -0.115. The summed E-state index contributed by atoms with van der Waals surface area (Å²) in [7, 11) is 0. The number of amides is 1. The molecule has 0 aliphatic heterocycles. The molecule has 0 aromatic carbocycles. The highest BCUT2D eigenvalue weighted by Crippen LogP contribution is 2.22. The number of nitrogens with zero attached hydrogens (tertiary/aromatic N) is 3. The van der Waals surface area contributed by atoms with Crippen LogP contribution >= 0.6 is 23.1 Å². The van der Waals surface area contributed by atoms with Crippen molar-refractivity contribution in [2.24, 2.45) is 0 Å². The van der Waals surface area contributed by atoms with Crippen LogP contribution in [0.5, 0.6) is 0 Å². The average molecular weight is 214 g/mol. The smallest absolute Gasteiger partial charge is 0.240 e. The zero-order chi connectivity index (χ0) is 9.68. The van der Waals surface area contributed by atoms with Crippen LogP contribution in [0.2, 0.25) is 0 Å². The molecule has 68 valence electrons. The van der Waals surface area contributed by atoms with E-state index < -0.39 is 0 Å². The van der Waals surface area contributed by atoms with E-state index in [1.165, 1.54) is 23.1 Å². The van der Waals surface area contributed by atoms with Gasteiger partial charge in [0.25, 0.3) is 0 Å². The summed E-state index contributed by atoms with van der Waals surface area (Å²) in [6, 6.07) is 1.75. The van der Waals surface area contributed by atoms with Crippen molar-refractivity contribution in [3.63, 3.8) is 0 Å². The molecule has 13 heavy (non-hydrogen) atoms. The van der Waals surface area contributed by atoms with Gasteiger partial charge in [-0.3, -0.25) is 10.1 Å². The normalized spacial score (nSPS) is 9.23. The Kier molecular flexibility index (Phi) is 3.67. The molecular weight excluding hydrogens is 208 g/mol. The minimum Gasteiger partial charge on any atom is -0.300 e. The molecule has 0 spiro atoms. The van der Waals surface area contributed by atoms with E-state index in [0.717, 1.165) is 4.34 Å². The molecular formula is C6H6N4OS2. The van der Waals surface area contributed by atoms with Gasteiger partial charge in [0.15, 0.2) is 4.34 Å². The van der Waals surface area contributed by atoms with Crippen LogP contribution in [0, 0.1) is 11.3 Å². The van der Waals surface area contributed by atoms with Gasteiger partial charge in [0.05, 0.1) is 6.07 Å². The minimum absolute atomic E-state index is 0.159. The van der Waals surface area contributed by atoms with Gasteiger partial charge in [0, 0.05) is 0 Å². The predicted octanol–water partition coefficient (Wildman–Crippen LogP) is 1.11. The Morgan fingerprint density at radius 1 is 1.77 bits per heavy atom. The lowest BCUT2D eigenvalue weighted by atomic mass is 10.4. The molecule has 0 radical (unpaired) electrons. The highest BCUT2D eigenvalue weighted by atomic mass is 32.2. The Morgan fingerprint density at radius 2 is 2.54 bits per heavy atom. The van der Waals surface area contributed by atoms with E-state index in [4.69, 9.17) is 5.26 Å². The Bertz CT molecular complexity index is 343. The fraction of sp³-hybridized carbons (Fsp3) is 0.333. The number of carbonyl (C=O) groups is 1. The number of hydrogen-bond donors (Lipinski definition) is 1. The van der Waals surface area contributed by atoms with Crippen LogP contribution < -0.4 is 5.32 Å². The van der Waals surface area contributed by atoms with E-state index in [-0.39, 0.29) is 12.3 Å². The molecule has 0 atom stereocenters. The topological polar surface area (TPSA) is 78.7 Å². The first-order valence-corrected chi connectivity index (χ1v) is 5.34. The molecule has 5 nitrogen and oxygen atoms in total. The van der Waals surface area contributed by atoms with Crippen LogP contribution in [0.1, 0.15) is 6.42 Å². The van der Waals surface area contributed by atoms with Crippen molar-refractivity contribution in [2.45, 2.75) is 10.8 Å². The van der Waals surface area contributed by atoms with Gasteiger partial charge in [0.1, 0.15) is 6.42 Å². The largest absolute Gasteiger partial charge is 0.300 e. The van der Waals surface area contributed by atoms with Gasteiger partial charge in [-0.2, -0.15) is 5.26 Å². The van der Waals surface area contributed by atoms with Crippen molar-refractivity contribution in [3.05, 3.63) is 0 Å². The maximum absolute atomic E-state index is 10.9. The van der Waals surface area contributed by atoms with Crippen LogP contribution in [0.15, 0.2) is 4.34 Å². The molecule has 0 unspecified atom stereocenters. The van der Waals surface area contributed by atoms with E-state index in [1.807, 2.05) is 6.26 Å². The average Bonchev–Trinajstić information content (AvgIpc) is 2.52. The summed E-state index contributed by atoms with van der Waals surface area (Å²) in [6.07, 6.45) is 1.72. The van der Waals surface area contributed by atoms with Crippen molar-refractivity contribution < 1.29 is 4.79 Å². The van der Waals surface area contributed by atoms with Crippen molar-refractivity contribution in [1.82, 2.24) is 10.2 Å². The number of nitrogens with one attached hydrogen (secondary N) is 1. The van der Waals surface area contributed by atoms with Gasteiger partial charge in [-0.25, -0.2) is 0 Å². The lowest BCUT2D eigenvalue weighted by Gasteiger charge is -1.92. The summed E-state index contributed by atoms with van der Waals surface area (Å²) in [5.41, 5.74) is 0. The first-order chi connectivity index (χ1) is 6.26. The zero-order valence-corrected chi connectivity index (χ0v) is 8.41. The minimum atomic E-state index is -0.355. The molecule has 0 aliphatic carbocycles. The second kappa shape index (κ2) is 4.79. The van der Waals surface area contributed by atoms with Crippen molar-refractivity contribution in [2.75, 3.05) is 11.6 Å². The van der Waals surface area contributed by atoms with Crippen LogP contribution in [-0.2, 0) is 4.79 Å². The second-order valence-corrected chi connectivity index (χ2v) is 3.99. The van der Waals surface area contributed by atoms with Crippen LogP contribution in [0.4, 0.5) is 5.13 Å². The van der Waals surface area contributed by atoms with E-state index in [0.29, 0.717) is 5.13 Å². The van der Waals surface area contributed by atoms with E-state index in [2.05, 4.69) is 15.5 Å². The third-order valence-electron chi connectivity index (χ3n) is 1.07. The Morgan fingerprint density at radius 3 is 3.08 bits per heavy atom. The molecule has 1 aromatic heterocycles. The summed E-state index contributed by atoms with van der Waals surface area (Å²) in [5.74, 6) is -0.355. The Balaban J connectivity index is 2.55. The van der Waals surface area contributed by atoms with Gasteiger partial charge in [0.2, 0.25) is 11.0 Å². The molecule has 0 saturated carbocycles. The second-order valence-electron chi connectivity index (χ2n) is 1.96. The molecule has 0 saturated heterocycles. The van der Waals surface area contributed by atoms with Crippen molar-refractivity contribution in [3.8, 4) is 6.07 Å². The number of carbonyl (C=O) groups excluding carboxylic acids is 1. The van der Waals surface area contributed by atoms with Crippen LogP contribution in [0.3, 0.4) is 0 Å². The number of hydrogen-bond acceptors (Lipinski definition) is 6. The fourth-order valence-electron chi connectivity index (χ4n) is 0.578. The van der Waals surface area contributed by atoms with E-state index in [1.54, 1.807) is 6.07 Å². The van der Waals surface area contributed by atoms with E-state index >= 15 is 0 Å². The third kappa shape index (κ3) is 3.01. The van der Waals surface area contributed by atoms with Crippen LogP contribution in [0.25, 0.3) is 0 Å². The summed E-state index contributed by atoms with van der Waals surface area (Å²) in [5, 5.41) is 18.6. The summed E-state index contributed by atoms with van der Waals surface area (Å²) < 4.78 is 0.784. The van der Waals surface area contributed by atoms with Gasteiger partial charge in [-0.15, -0.1) is 10.2 Å². The standard InChI is InChI=1S/C6H6N4OS2/c1-12-6-10-9-5(13-6)8-4(11)2-3-7/h2H2,1H3,(H,8,9,11). The Hall–Kier alpha value is -1.13. The zero-order valence-electron chi connectivity index (χ0n) is 6.77. The molecule has 0 bridgehead atoms. The number of aromatic nitrogens is 2. The molecule has 1 amide bonds. The van der Waals surface area contributed by atoms with Gasteiger partial charge < -0.3 is 0 Å². The summed E-state index contributed by atoms with van der Waals surface area (Å²) in [4.78, 5) is 10.9. The van der Waals surface area contributed by atoms with Crippen LogP contribution in [-0.4, -0.2) is 22.4 Å². The molecule has 1 aromatic rings. The first kappa shape index (κ1) is 9.95. The van der Waals surface area contributed by atoms with Gasteiger partial charge in [-0.1, -0.05) is 23.1 Å². The summed E-state index contributed by atoms with van der Waals surface area (Å²) >= 11 is 2.75. The van der Waals surface area contributed by atoms with Crippen molar-refractivity contribution in [1.29, 1.82) is 5.26 Å². The quantitative estimate of drug-likeness (QED) is 0.602. The molecule has 0 fully saturated rings. The molecule has 0 aliphatic rings. The number of rotatable bonds is 3. The monoisotopic (exact) mass is 214 g/mol. The van der Waals surface area contributed by atoms with Crippen molar-refractivity contribution >= 4 is 34.1 Å². The lowest BCUT2D eigenvalue weighted by Crippen LogP contribution is -2.09. The summed E-state index contributed by atoms with van der Waals surface area (Å²) in [6.45, 7) is 0. The molecule has 7 heteroatoms. The maximum atomic E-state index is 10.9. The molecule has 1 heterocycles. The van der Waals surface area contributed by atoms with Gasteiger partial charge >= 0.3 is 0 Å². The highest BCUT2D eigenvalue weighted by Gasteiger charge is 2.06. The highest BCUT2D eigenvalue weighted by molar-refractivity contribution is 8.00. The molecule has 1 N–H and O–H groups in total. The number of nitriles is 1. The SMILES string of the molecule is CSc1nnc(NC(=O)CC#N)s1. The molecule has 1 rings (SSSR count). The Labute approximate surface area is 83.2 Å². The maximum Gasteiger partial charge on any atom is 0.240 e. The fourth-order valence-corrected chi connectivity index (χ4v) is 1.76. The first-order valence-electron chi connectivity index (χ1n) is 3.30.